The summed E-state index contributed by atoms with van der Waals surface area (Å²) in [6, 6.07) is 13.2. The fourth-order valence-electron chi connectivity index (χ4n) is 1.51. The van der Waals surface area contributed by atoms with Crippen LogP contribution in [0.2, 0.25) is 0 Å². The lowest BCUT2D eigenvalue weighted by Gasteiger charge is -2.05. The molecule has 0 amide bonds. The van der Waals surface area contributed by atoms with Gasteiger partial charge < -0.3 is 10.1 Å². The van der Waals surface area contributed by atoms with Crippen molar-refractivity contribution in [3.63, 3.8) is 0 Å². The number of benzene rings is 1. The number of nitrogens with zero attached hydrogens (tertiary/aromatic N) is 2. The van der Waals surface area contributed by atoms with E-state index in [-0.39, 0.29) is 0 Å². The maximum Gasteiger partial charge on any atom is 0.219 e. The number of nitrogens with one attached hydrogen (secondary N) is 1. The van der Waals surface area contributed by atoms with Gasteiger partial charge in [0.05, 0.1) is 5.56 Å². The molecule has 0 bridgehead atoms. The molecule has 1 heterocycles. The van der Waals surface area contributed by atoms with Crippen molar-refractivity contribution >= 4 is 0 Å². The number of ether oxygens (including phenoxy) is 1. The minimum absolute atomic E-state index is 0.482. The Hall–Kier alpha value is -2.38. The van der Waals surface area contributed by atoms with Gasteiger partial charge in [-0.1, -0.05) is 12.1 Å². The van der Waals surface area contributed by atoms with Gasteiger partial charge in [0.1, 0.15) is 11.8 Å². The molecule has 0 atom stereocenters. The van der Waals surface area contributed by atoms with Crippen LogP contribution in [0, 0.1) is 11.3 Å². The van der Waals surface area contributed by atoms with Gasteiger partial charge in [-0.25, -0.2) is 4.98 Å². The van der Waals surface area contributed by atoms with Crippen LogP contribution in [0.25, 0.3) is 0 Å². The molecule has 1 N–H and O–H groups in total. The quantitative estimate of drug-likeness (QED) is 0.890. The summed E-state index contributed by atoms with van der Waals surface area (Å²) in [5.41, 5.74) is 1.71. The molecule has 1 aromatic carbocycles. The average Bonchev–Trinajstić information content (AvgIpc) is 2.42. The third-order valence-corrected chi connectivity index (χ3v) is 2.39. The molecule has 0 saturated carbocycles. The molecule has 4 nitrogen and oxygen atoms in total. The number of nitriles is 1. The molecular weight excluding hydrogens is 226 g/mol. The van der Waals surface area contributed by atoms with E-state index in [1.54, 1.807) is 12.1 Å². The molecule has 18 heavy (non-hydrogen) atoms. The Morgan fingerprint density at radius 2 is 2.00 bits per heavy atom. The molecule has 0 aliphatic rings. The second-order valence-electron chi connectivity index (χ2n) is 3.77. The minimum atomic E-state index is 0.482. The van der Waals surface area contributed by atoms with Gasteiger partial charge in [0.15, 0.2) is 0 Å². The van der Waals surface area contributed by atoms with E-state index in [1.165, 1.54) is 11.8 Å². The number of pyridine rings is 1. The third-order valence-electron chi connectivity index (χ3n) is 2.39. The lowest BCUT2D eigenvalue weighted by atomic mass is 10.2. The van der Waals surface area contributed by atoms with Crippen LogP contribution < -0.4 is 10.1 Å². The van der Waals surface area contributed by atoms with E-state index in [4.69, 9.17) is 10.00 Å². The Morgan fingerprint density at radius 1 is 1.22 bits per heavy atom. The molecule has 0 aliphatic carbocycles. The first-order valence-corrected chi connectivity index (χ1v) is 5.59. The van der Waals surface area contributed by atoms with Crippen LogP contribution in [0.15, 0.2) is 42.6 Å². The summed E-state index contributed by atoms with van der Waals surface area (Å²) in [5.74, 6) is 1.21. The van der Waals surface area contributed by atoms with E-state index >= 15 is 0 Å². The molecule has 1 aromatic heterocycles. The second-order valence-corrected chi connectivity index (χ2v) is 3.77. The molecule has 90 valence electrons. The van der Waals surface area contributed by atoms with Crippen molar-refractivity contribution in [2.45, 2.75) is 6.54 Å². The normalized spacial score (nSPS) is 9.78. The van der Waals surface area contributed by atoms with Gasteiger partial charge in [-0.05, 0) is 30.8 Å². The van der Waals surface area contributed by atoms with E-state index in [2.05, 4.69) is 10.3 Å². The van der Waals surface area contributed by atoms with Crippen LogP contribution in [-0.4, -0.2) is 12.0 Å². The summed E-state index contributed by atoms with van der Waals surface area (Å²) in [4.78, 5) is 4.05. The third kappa shape index (κ3) is 3.06. The zero-order valence-corrected chi connectivity index (χ0v) is 10.1. The van der Waals surface area contributed by atoms with E-state index in [0.29, 0.717) is 11.4 Å². The zero-order valence-electron chi connectivity index (χ0n) is 10.1. The predicted octanol–water partition coefficient (Wildman–Crippen LogP) is 2.46. The summed E-state index contributed by atoms with van der Waals surface area (Å²) >= 11 is 0. The van der Waals surface area contributed by atoms with E-state index in [0.717, 1.165) is 12.3 Å². The maximum atomic E-state index is 8.66. The van der Waals surface area contributed by atoms with Crippen LogP contribution in [0.1, 0.15) is 11.1 Å². The topological polar surface area (TPSA) is 57.9 Å². The first kappa shape index (κ1) is 12.1. The molecule has 0 radical (unpaired) electrons. The van der Waals surface area contributed by atoms with Crippen LogP contribution >= 0.6 is 0 Å². The van der Waals surface area contributed by atoms with Gasteiger partial charge >= 0.3 is 0 Å². The highest BCUT2D eigenvalue weighted by Crippen LogP contribution is 2.19. The molecule has 0 fully saturated rings. The Morgan fingerprint density at radius 3 is 2.56 bits per heavy atom. The minimum Gasteiger partial charge on any atom is -0.439 e. The van der Waals surface area contributed by atoms with E-state index in [9.17, 15) is 0 Å². The number of hydrogen-bond donors (Lipinski definition) is 1. The first-order chi connectivity index (χ1) is 8.81. The summed E-state index contributed by atoms with van der Waals surface area (Å²) in [6.07, 6.45) is 1.49. The van der Waals surface area contributed by atoms with Crippen molar-refractivity contribution in [1.82, 2.24) is 10.3 Å². The van der Waals surface area contributed by atoms with Crippen LogP contribution in [0.3, 0.4) is 0 Å². The fourth-order valence-corrected chi connectivity index (χ4v) is 1.51. The monoisotopic (exact) mass is 239 g/mol. The van der Waals surface area contributed by atoms with Crippen molar-refractivity contribution in [1.29, 1.82) is 5.26 Å². The summed E-state index contributed by atoms with van der Waals surface area (Å²) < 4.78 is 5.57. The number of aromatic nitrogens is 1. The Bertz CT molecular complexity index is 541. The molecule has 4 heteroatoms. The lowest BCUT2D eigenvalue weighted by Crippen LogP contribution is -2.04. The standard InChI is InChI=1S/C14H13N3O/c1-16-9-11-2-5-13(6-3-11)18-14-7-4-12(8-15)10-17-14/h2-7,10,16H,9H2,1H3. The highest BCUT2D eigenvalue weighted by molar-refractivity contribution is 5.33. The van der Waals surface area contributed by atoms with Crippen LogP contribution in [-0.2, 0) is 6.54 Å². The maximum absolute atomic E-state index is 8.66. The van der Waals surface area contributed by atoms with Gasteiger partial charge in [0, 0.05) is 18.8 Å². The summed E-state index contributed by atoms with van der Waals surface area (Å²) in [7, 11) is 1.91. The molecule has 0 aliphatic heterocycles. The molecule has 0 spiro atoms. The number of rotatable bonds is 4. The van der Waals surface area contributed by atoms with Crippen molar-refractivity contribution in [3.8, 4) is 17.7 Å². The highest BCUT2D eigenvalue weighted by atomic mass is 16.5. The highest BCUT2D eigenvalue weighted by Gasteiger charge is 1.99. The predicted molar refractivity (Wildman–Crippen MR) is 68.2 cm³/mol. The smallest absolute Gasteiger partial charge is 0.219 e. The molecule has 2 aromatic rings. The molecule has 2 rings (SSSR count). The van der Waals surface area contributed by atoms with Crippen molar-refractivity contribution < 1.29 is 4.74 Å². The van der Waals surface area contributed by atoms with Gasteiger partial charge in [-0.3, -0.25) is 0 Å². The molecule has 0 unspecified atom stereocenters. The van der Waals surface area contributed by atoms with Crippen molar-refractivity contribution in [3.05, 3.63) is 53.7 Å². The van der Waals surface area contributed by atoms with Gasteiger partial charge in [-0.2, -0.15) is 5.26 Å². The Kier molecular flexibility index (Phi) is 3.90. The van der Waals surface area contributed by atoms with Gasteiger partial charge in [0.25, 0.3) is 0 Å². The van der Waals surface area contributed by atoms with Gasteiger partial charge in [0.2, 0.25) is 5.88 Å². The molecule has 0 saturated heterocycles. The SMILES string of the molecule is CNCc1ccc(Oc2ccc(C#N)cn2)cc1. The van der Waals surface area contributed by atoms with Crippen molar-refractivity contribution in [2.75, 3.05) is 7.05 Å². The Labute approximate surface area is 106 Å². The van der Waals surface area contributed by atoms with Crippen LogP contribution in [0.4, 0.5) is 0 Å². The zero-order chi connectivity index (χ0) is 12.8. The van der Waals surface area contributed by atoms with Crippen LogP contribution in [0.5, 0.6) is 11.6 Å². The largest absolute Gasteiger partial charge is 0.439 e. The lowest BCUT2D eigenvalue weighted by molar-refractivity contribution is 0.462. The second kappa shape index (κ2) is 5.80. The summed E-state index contributed by atoms with van der Waals surface area (Å²) in [6.45, 7) is 0.829. The fraction of sp³-hybridized carbons (Fsp3) is 0.143. The number of hydrogen-bond acceptors (Lipinski definition) is 4. The summed E-state index contributed by atoms with van der Waals surface area (Å²) in [5, 5.41) is 11.7. The molecular formula is C14H13N3O. The average molecular weight is 239 g/mol. The van der Waals surface area contributed by atoms with Gasteiger partial charge in [-0.15, -0.1) is 0 Å². The first-order valence-electron chi connectivity index (χ1n) is 5.59. The Balaban J connectivity index is 2.06. The van der Waals surface area contributed by atoms with E-state index < -0.39 is 0 Å². The van der Waals surface area contributed by atoms with Crippen molar-refractivity contribution in [2.24, 2.45) is 0 Å². The van der Waals surface area contributed by atoms with E-state index in [1.807, 2.05) is 37.4 Å².